The molecule has 0 unspecified atom stereocenters. The van der Waals surface area contributed by atoms with Crippen molar-refractivity contribution in [3.05, 3.63) is 53.3 Å². The van der Waals surface area contributed by atoms with E-state index in [1.165, 1.54) is 18.7 Å². The molecule has 10 heteroatoms. The first-order chi connectivity index (χ1) is 16.6. The maximum Gasteiger partial charge on any atom is 0.181 e. The predicted octanol–water partition coefficient (Wildman–Crippen LogP) is 3.13. The van der Waals surface area contributed by atoms with Crippen molar-refractivity contribution in [2.45, 2.75) is 48.2 Å². The fourth-order valence-electron chi connectivity index (χ4n) is 4.44. The minimum absolute atomic E-state index is 0.209. The number of fused-ring (bicyclic) bond motifs is 1. The molecule has 0 amide bonds. The highest BCUT2D eigenvalue weighted by atomic mass is 32.2. The van der Waals surface area contributed by atoms with Crippen molar-refractivity contribution < 1.29 is 10.9 Å². The number of hydrogen-bond acceptors (Lipinski definition) is 10. The number of ketones is 1. The third kappa shape index (κ3) is 3.72. The predicted molar refractivity (Wildman–Crippen MR) is 132 cm³/mol. The Morgan fingerprint density at radius 2 is 1.94 bits per heavy atom. The van der Waals surface area contributed by atoms with Crippen molar-refractivity contribution in [3.63, 3.8) is 0 Å². The molecule has 1 fully saturated rings. The molecule has 0 aliphatic carbocycles. The minimum atomic E-state index is -1.37. The van der Waals surface area contributed by atoms with E-state index in [0.29, 0.717) is 53.9 Å². The van der Waals surface area contributed by atoms with Crippen LogP contribution in [0.2, 0.25) is 0 Å². The number of ether oxygens (including phenoxy) is 1. The Hall–Kier alpha value is -3.37. The average molecular weight is 479 g/mol. The molecule has 34 heavy (non-hydrogen) atoms. The largest absolute Gasteiger partial charge is 0.485 e. The molecule has 2 aliphatic rings. The second-order valence-electron chi connectivity index (χ2n) is 8.56. The normalized spacial score (nSPS) is 21.1. The second-order valence-corrected chi connectivity index (χ2v) is 9.59. The van der Waals surface area contributed by atoms with Gasteiger partial charge in [-0.1, -0.05) is 30.0 Å². The third-order valence-corrected chi connectivity index (χ3v) is 7.60. The molecule has 0 saturated carbocycles. The number of anilines is 3. The van der Waals surface area contributed by atoms with Gasteiger partial charge < -0.3 is 26.8 Å². The SMILES string of the molecule is [2H][C@@]1(N)c2ccccc2OC12CCN(c1nc(N)c(Sc3ccnc(N)c3C)nc1C(C)=O)CC2. The van der Waals surface area contributed by atoms with Gasteiger partial charge in [0.25, 0.3) is 0 Å². The number of hydrogen-bond donors (Lipinski definition) is 3. The lowest BCUT2D eigenvalue weighted by molar-refractivity contribution is 0.0430. The number of para-hydroxylation sites is 1. The van der Waals surface area contributed by atoms with E-state index in [1.807, 2.05) is 42.2 Å². The standard InChI is InChI=1S/C24H27N7O2S/c1-13-17(7-10-28-20(13)26)34-23-21(27)30-22(18(29-23)14(2)32)31-11-8-24(9-12-31)19(25)15-5-3-4-6-16(15)33-24/h3-7,10,19H,8-9,11-12,25H2,1-2H3,(H2,26,28)(H2,27,30)/t19-/m1/s1/i19D. The highest BCUT2D eigenvalue weighted by Gasteiger charge is 2.48. The van der Waals surface area contributed by atoms with E-state index in [1.54, 1.807) is 6.20 Å². The van der Waals surface area contributed by atoms with Crippen LogP contribution in [0.15, 0.2) is 46.5 Å². The molecule has 2 aromatic heterocycles. The number of benzene rings is 1. The van der Waals surface area contributed by atoms with Crippen molar-refractivity contribution in [2.24, 2.45) is 5.73 Å². The third-order valence-electron chi connectivity index (χ3n) is 6.45. The summed E-state index contributed by atoms with van der Waals surface area (Å²) in [6, 6.07) is 7.89. The van der Waals surface area contributed by atoms with E-state index in [-0.39, 0.29) is 17.3 Å². The first-order valence-corrected chi connectivity index (χ1v) is 11.8. The van der Waals surface area contributed by atoms with E-state index in [9.17, 15) is 4.79 Å². The Morgan fingerprint density at radius 1 is 1.21 bits per heavy atom. The summed E-state index contributed by atoms with van der Waals surface area (Å²) < 4.78 is 15.2. The molecular weight excluding hydrogens is 450 g/mol. The molecule has 1 aromatic carbocycles. The topological polar surface area (TPSA) is 146 Å². The zero-order valence-corrected chi connectivity index (χ0v) is 19.9. The van der Waals surface area contributed by atoms with Gasteiger partial charge in [0.2, 0.25) is 0 Å². The number of carbonyl (C=O) groups excluding carboxylic acids is 1. The molecule has 9 nitrogen and oxygen atoms in total. The van der Waals surface area contributed by atoms with Crippen LogP contribution in [0.25, 0.3) is 0 Å². The van der Waals surface area contributed by atoms with Crippen molar-refractivity contribution in [1.82, 2.24) is 15.0 Å². The molecule has 1 saturated heterocycles. The second kappa shape index (κ2) is 8.44. The Bertz CT molecular complexity index is 1330. The maximum absolute atomic E-state index is 12.6. The summed E-state index contributed by atoms with van der Waals surface area (Å²) in [7, 11) is 0. The van der Waals surface area contributed by atoms with Crippen molar-refractivity contribution >= 4 is 35.0 Å². The highest BCUT2D eigenvalue weighted by Crippen LogP contribution is 2.47. The van der Waals surface area contributed by atoms with Crippen LogP contribution in [0.5, 0.6) is 5.75 Å². The molecule has 6 N–H and O–H groups in total. The van der Waals surface area contributed by atoms with Crippen LogP contribution in [-0.4, -0.2) is 39.4 Å². The van der Waals surface area contributed by atoms with Gasteiger partial charge in [-0.15, -0.1) is 0 Å². The first-order valence-electron chi connectivity index (χ1n) is 11.5. The van der Waals surface area contributed by atoms with Crippen LogP contribution in [0.4, 0.5) is 17.5 Å². The molecule has 3 aromatic rings. The number of pyridine rings is 1. The van der Waals surface area contributed by atoms with Crippen LogP contribution in [0.3, 0.4) is 0 Å². The molecular formula is C24H27N7O2S. The molecule has 2 aliphatic heterocycles. The number of aromatic nitrogens is 3. The summed E-state index contributed by atoms with van der Waals surface area (Å²) in [6.45, 7) is 4.31. The van der Waals surface area contributed by atoms with Gasteiger partial charge in [-0.05, 0) is 19.1 Å². The Kier molecular flexibility index (Phi) is 5.26. The van der Waals surface area contributed by atoms with Gasteiger partial charge in [0.1, 0.15) is 27.9 Å². The van der Waals surface area contributed by atoms with Crippen molar-refractivity contribution in [3.8, 4) is 5.75 Å². The average Bonchev–Trinajstić information content (AvgIpc) is 3.04. The van der Waals surface area contributed by atoms with E-state index in [2.05, 4.69) is 15.0 Å². The van der Waals surface area contributed by atoms with Crippen molar-refractivity contribution in [1.29, 1.82) is 0 Å². The Balaban J connectivity index is 1.42. The van der Waals surface area contributed by atoms with Crippen LogP contribution in [0.1, 0.15) is 48.8 Å². The van der Waals surface area contributed by atoms with Gasteiger partial charge in [-0.3, -0.25) is 4.79 Å². The van der Waals surface area contributed by atoms with Crippen LogP contribution >= 0.6 is 11.8 Å². The molecule has 0 radical (unpaired) electrons. The minimum Gasteiger partial charge on any atom is -0.485 e. The summed E-state index contributed by atoms with van der Waals surface area (Å²) in [5.74, 6) is 1.53. The van der Waals surface area contributed by atoms with E-state index < -0.39 is 11.6 Å². The van der Waals surface area contributed by atoms with Gasteiger partial charge >= 0.3 is 0 Å². The summed E-state index contributed by atoms with van der Waals surface area (Å²) >= 11 is 1.30. The quantitative estimate of drug-likeness (QED) is 0.478. The Labute approximate surface area is 203 Å². The molecule has 4 heterocycles. The lowest BCUT2D eigenvalue weighted by Crippen LogP contribution is -2.52. The number of piperidine rings is 1. The molecule has 5 rings (SSSR count). The smallest absolute Gasteiger partial charge is 0.181 e. The van der Waals surface area contributed by atoms with Gasteiger partial charge in [-0.2, -0.15) is 0 Å². The van der Waals surface area contributed by atoms with Crippen molar-refractivity contribution in [2.75, 3.05) is 29.5 Å². The first kappa shape index (κ1) is 21.2. The fraction of sp³-hybridized carbons (Fsp3) is 0.333. The molecule has 1 atom stereocenters. The van der Waals surface area contributed by atoms with E-state index in [0.717, 1.165) is 10.5 Å². The van der Waals surface area contributed by atoms with Crippen LogP contribution < -0.4 is 26.8 Å². The number of nitrogens with two attached hydrogens (primary N) is 3. The Morgan fingerprint density at radius 3 is 2.65 bits per heavy atom. The number of Topliss-reactive ketones (excluding diaryl/α,β-unsaturated/α-hetero) is 1. The molecule has 1 spiro atoms. The zero-order valence-electron chi connectivity index (χ0n) is 20.0. The summed E-state index contributed by atoms with van der Waals surface area (Å²) in [4.78, 5) is 28.6. The summed E-state index contributed by atoms with van der Waals surface area (Å²) in [5, 5.41) is 0.433. The summed E-state index contributed by atoms with van der Waals surface area (Å²) in [5.41, 5.74) is 19.6. The highest BCUT2D eigenvalue weighted by molar-refractivity contribution is 7.99. The zero-order chi connectivity index (χ0) is 25.0. The number of rotatable bonds is 4. The van der Waals surface area contributed by atoms with Crippen LogP contribution in [0, 0.1) is 6.92 Å². The number of nitrogens with zero attached hydrogens (tertiary/aromatic N) is 4. The summed E-state index contributed by atoms with van der Waals surface area (Å²) in [6.07, 6.45) is 2.60. The lowest BCUT2D eigenvalue weighted by atomic mass is 9.83. The van der Waals surface area contributed by atoms with Crippen LogP contribution in [-0.2, 0) is 0 Å². The number of carbonyl (C=O) groups is 1. The number of nitrogen functional groups attached to an aromatic ring is 2. The molecule has 0 bridgehead atoms. The van der Waals surface area contributed by atoms with Gasteiger partial charge in [0.15, 0.2) is 17.4 Å². The van der Waals surface area contributed by atoms with Gasteiger partial charge in [0, 0.05) is 55.1 Å². The monoisotopic (exact) mass is 478 g/mol. The van der Waals surface area contributed by atoms with E-state index in [4.69, 9.17) is 23.3 Å². The van der Waals surface area contributed by atoms with Gasteiger partial charge in [-0.25, -0.2) is 15.0 Å². The fourth-order valence-corrected chi connectivity index (χ4v) is 5.33. The molecule has 176 valence electrons. The van der Waals surface area contributed by atoms with Gasteiger partial charge in [0.05, 0.1) is 7.39 Å². The maximum atomic E-state index is 12.6. The lowest BCUT2D eigenvalue weighted by Gasteiger charge is -2.41. The van der Waals surface area contributed by atoms with E-state index >= 15 is 0 Å².